The van der Waals surface area contributed by atoms with E-state index >= 15 is 0 Å². The van der Waals surface area contributed by atoms with E-state index in [1.165, 1.54) is 0 Å². The van der Waals surface area contributed by atoms with Gasteiger partial charge in [-0.15, -0.1) is 0 Å². The first-order valence-electron chi connectivity index (χ1n) is 4.64. The molecule has 1 aromatic rings. The van der Waals surface area contributed by atoms with Crippen molar-refractivity contribution in [2.24, 2.45) is 0 Å². The molecule has 1 rings (SSSR count). The minimum atomic E-state index is 0.133. The van der Waals surface area contributed by atoms with Gasteiger partial charge in [0.1, 0.15) is 6.29 Å². The lowest BCUT2D eigenvalue weighted by molar-refractivity contribution is 0.102. The topological polar surface area (TPSA) is 46.5 Å². The molecule has 0 unspecified atom stereocenters. The van der Waals surface area contributed by atoms with Gasteiger partial charge in [-0.1, -0.05) is 28.1 Å². The zero-order valence-electron chi connectivity index (χ0n) is 8.65. The Morgan fingerprint density at radius 2 is 2.00 bits per heavy atom. The Labute approximate surface area is 98.2 Å². The molecule has 0 aliphatic rings. The first-order valence-corrected chi connectivity index (χ1v) is 5.43. The molecular weight excluding hydrogens is 260 g/mol. The van der Waals surface area contributed by atoms with E-state index in [0.29, 0.717) is 18.8 Å². The number of hydrogen-bond acceptors (Lipinski definition) is 3. The van der Waals surface area contributed by atoms with Crippen LogP contribution in [-0.2, 0) is 4.74 Å². The number of carbonyl (C=O) groups is 1. The van der Waals surface area contributed by atoms with Crippen LogP contribution in [0.1, 0.15) is 17.3 Å². The van der Waals surface area contributed by atoms with Gasteiger partial charge < -0.3 is 9.84 Å². The third-order valence-corrected chi connectivity index (χ3v) is 1.97. The molecule has 0 saturated heterocycles. The third kappa shape index (κ3) is 8.30. The van der Waals surface area contributed by atoms with E-state index in [1.807, 2.05) is 19.1 Å². The molecule has 1 aromatic carbocycles. The highest BCUT2D eigenvalue weighted by Crippen LogP contribution is 2.08. The Morgan fingerprint density at radius 3 is 2.33 bits per heavy atom. The van der Waals surface area contributed by atoms with E-state index in [1.54, 1.807) is 12.1 Å². The highest BCUT2D eigenvalue weighted by Gasteiger charge is 1.86. The van der Waals surface area contributed by atoms with E-state index in [9.17, 15) is 4.79 Å². The van der Waals surface area contributed by atoms with E-state index in [2.05, 4.69) is 15.9 Å². The standard InChI is InChI=1S/C7H5BrO.C4H10O2/c8-7-3-1-6(5-9)2-4-7;1-2-6-4-3-5/h1-5H;5H,2-4H2,1H3. The van der Waals surface area contributed by atoms with Crippen LogP contribution in [-0.4, -0.2) is 31.2 Å². The first-order chi connectivity index (χ1) is 7.24. The van der Waals surface area contributed by atoms with Crippen LogP contribution in [0.15, 0.2) is 28.7 Å². The van der Waals surface area contributed by atoms with Crippen molar-refractivity contribution in [3.8, 4) is 0 Å². The van der Waals surface area contributed by atoms with Gasteiger partial charge in [0.2, 0.25) is 0 Å². The fraction of sp³-hybridized carbons (Fsp3) is 0.364. The number of ether oxygens (including phenoxy) is 1. The summed E-state index contributed by atoms with van der Waals surface area (Å²) in [6.45, 7) is 3.20. The van der Waals surface area contributed by atoms with Crippen LogP contribution in [0.2, 0.25) is 0 Å². The number of carbonyl (C=O) groups excluding carboxylic acids is 1. The summed E-state index contributed by atoms with van der Waals surface area (Å²) >= 11 is 3.26. The van der Waals surface area contributed by atoms with Gasteiger partial charge in [0.15, 0.2) is 0 Å². The van der Waals surface area contributed by atoms with Crippen LogP contribution >= 0.6 is 15.9 Å². The Hall–Kier alpha value is -0.710. The molecule has 0 atom stereocenters. The Balaban J connectivity index is 0.000000288. The van der Waals surface area contributed by atoms with Crippen molar-refractivity contribution in [3.05, 3.63) is 34.3 Å². The van der Waals surface area contributed by atoms with Gasteiger partial charge in [-0.2, -0.15) is 0 Å². The van der Waals surface area contributed by atoms with Crippen LogP contribution < -0.4 is 0 Å². The minimum Gasteiger partial charge on any atom is -0.394 e. The van der Waals surface area contributed by atoms with Crippen LogP contribution in [0.5, 0.6) is 0 Å². The summed E-state index contributed by atoms with van der Waals surface area (Å²) < 4.78 is 5.73. The van der Waals surface area contributed by atoms with Crippen LogP contribution in [0, 0.1) is 0 Å². The van der Waals surface area contributed by atoms with E-state index in [4.69, 9.17) is 9.84 Å². The maximum atomic E-state index is 10.1. The zero-order valence-corrected chi connectivity index (χ0v) is 10.2. The van der Waals surface area contributed by atoms with Gasteiger partial charge in [-0.25, -0.2) is 0 Å². The molecule has 84 valence electrons. The van der Waals surface area contributed by atoms with Gasteiger partial charge in [-0.05, 0) is 19.1 Å². The fourth-order valence-corrected chi connectivity index (χ4v) is 1.01. The molecule has 0 aliphatic carbocycles. The molecule has 3 nitrogen and oxygen atoms in total. The molecule has 0 fully saturated rings. The molecule has 0 heterocycles. The maximum Gasteiger partial charge on any atom is 0.150 e. The highest BCUT2D eigenvalue weighted by atomic mass is 79.9. The van der Waals surface area contributed by atoms with Gasteiger partial charge in [0.05, 0.1) is 13.2 Å². The van der Waals surface area contributed by atoms with Crippen molar-refractivity contribution in [2.75, 3.05) is 19.8 Å². The number of aliphatic hydroxyl groups is 1. The van der Waals surface area contributed by atoms with E-state index in [-0.39, 0.29) is 6.61 Å². The first kappa shape index (κ1) is 14.3. The van der Waals surface area contributed by atoms with Crippen LogP contribution in [0.25, 0.3) is 0 Å². The Bertz CT molecular complexity index is 255. The average Bonchev–Trinajstić information content (AvgIpc) is 2.28. The lowest BCUT2D eigenvalue weighted by Gasteiger charge is -1.91. The molecule has 4 heteroatoms. The molecule has 0 aromatic heterocycles. The Morgan fingerprint density at radius 1 is 1.40 bits per heavy atom. The second-order valence-electron chi connectivity index (χ2n) is 2.59. The van der Waals surface area contributed by atoms with Gasteiger partial charge >= 0.3 is 0 Å². The third-order valence-electron chi connectivity index (χ3n) is 1.45. The summed E-state index contributed by atoms with van der Waals surface area (Å²) in [4.78, 5) is 10.1. The van der Waals surface area contributed by atoms with Crippen LogP contribution in [0.4, 0.5) is 0 Å². The van der Waals surface area contributed by atoms with Crippen molar-refractivity contribution in [3.63, 3.8) is 0 Å². The van der Waals surface area contributed by atoms with Crippen molar-refractivity contribution >= 4 is 22.2 Å². The van der Waals surface area contributed by atoms with E-state index in [0.717, 1.165) is 10.8 Å². The predicted molar refractivity (Wildman–Crippen MR) is 63.1 cm³/mol. The monoisotopic (exact) mass is 274 g/mol. The number of hydrogen-bond donors (Lipinski definition) is 1. The van der Waals surface area contributed by atoms with Gasteiger partial charge in [0.25, 0.3) is 0 Å². The fourth-order valence-electron chi connectivity index (χ4n) is 0.750. The van der Waals surface area contributed by atoms with Gasteiger partial charge in [0, 0.05) is 16.6 Å². The summed E-state index contributed by atoms with van der Waals surface area (Å²) in [5, 5.41) is 8.07. The molecule has 0 amide bonds. The second-order valence-corrected chi connectivity index (χ2v) is 3.51. The molecule has 0 bridgehead atoms. The zero-order chi connectivity index (χ0) is 11.5. The quantitative estimate of drug-likeness (QED) is 0.677. The number of benzene rings is 1. The number of aliphatic hydroxyl groups excluding tert-OH is 1. The van der Waals surface area contributed by atoms with Crippen molar-refractivity contribution < 1.29 is 14.6 Å². The number of rotatable bonds is 4. The smallest absolute Gasteiger partial charge is 0.150 e. The van der Waals surface area contributed by atoms with E-state index < -0.39 is 0 Å². The maximum absolute atomic E-state index is 10.1. The number of halogens is 1. The summed E-state index contributed by atoms with van der Waals surface area (Å²) in [6.07, 6.45) is 0.826. The summed E-state index contributed by atoms with van der Waals surface area (Å²) in [5.41, 5.74) is 0.707. The molecule has 0 spiro atoms. The molecule has 1 N–H and O–H groups in total. The lowest BCUT2D eigenvalue weighted by atomic mass is 10.2. The second kappa shape index (κ2) is 9.83. The summed E-state index contributed by atoms with van der Waals surface area (Å²) in [5.74, 6) is 0. The highest BCUT2D eigenvalue weighted by molar-refractivity contribution is 9.10. The lowest BCUT2D eigenvalue weighted by Crippen LogP contribution is -1.96. The largest absolute Gasteiger partial charge is 0.394 e. The molecule has 0 saturated carbocycles. The molecular formula is C11H15BrO3. The number of aldehydes is 1. The Kier molecular flexibility index (Phi) is 9.36. The van der Waals surface area contributed by atoms with Crippen molar-refractivity contribution in [1.29, 1.82) is 0 Å². The predicted octanol–water partition coefficient (Wildman–Crippen LogP) is 2.28. The van der Waals surface area contributed by atoms with Crippen LogP contribution in [0.3, 0.4) is 0 Å². The SMILES string of the molecule is CCOCCO.O=Cc1ccc(Br)cc1. The molecule has 0 aliphatic heterocycles. The van der Waals surface area contributed by atoms with Gasteiger partial charge in [-0.3, -0.25) is 4.79 Å². The minimum absolute atomic E-state index is 0.133. The van der Waals surface area contributed by atoms with Crippen molar-refractivity contribution in [2.45, 2.75) is 6.92 Å². The van der Waals surface area contributed by atoms with Crippen molar-refractivity contribution in [1.82, 2.24) is 0 Å². The normalized spacial score (nSPS) is 9.00. The summed E-state index contributed by atoms with van der Waals surface area (Å²) in [7, 11) is 0. The summed E-state index contributed by atoms with van der Waals surface area (Å²) in [6, 6.07) is 7.20. The molecule has 0 radical (unpaired) electrons. The average molecular weight is 275 g/mol. The molecule has 15 heavy (non-hydrogen) atoms.